The third kappa shape index (κ3) is 2.70. The fourth-order valence-corrected chi connectivity index (χ4v) is 3.16. The van der Waals surface area contributed by atoms with E-state index in [0.29, 0.717) is 12.5 Å². The molecule has 0 aliphatic carbocycles. The molecule has 1 unspecified atom stereocenters. The maximum absolute atomic E-state index is 5.73. The van der Waals surface area contributed by atoms with E-state index < -0.39 is 0 Å². The SMILES string of the molecule is NCCc1ccccc1N1CCC(c2ccccc2)C1. The van der Waals surface area contributed by atoms with Crippen molar-refractivity contribution in [1.82, 2.24) is 0 Å². The van der Waals surface area contributed by atoms with Crippen molar-refractivity contribution in [2.75, 3.05) is 24.5 Å². The Labute approximate surface area is 121 Å². The van der Waals surface area contributed by atoms with Crippen molar-refractivity contribution in [2.24, 2.45) is 5.73 Å². The molecule has 1 aliphatic heterocycles. The van der Waals surface area contributed by atoms with Crippen LogP contribution in [-0.2, 0) is 6.42 Å². The van der Waals surface area contributed by atoms with Gasteiger partial charge in [-0.25, -0.2) is 0 Å². The molecule has 0 radical (unpaired) electrons. The highest BCUT2D eigenvalue weighted by molar-refractivity contribution is 5.55. The van der Waals surface area contributed by atoms with Gasteiger partial charge in [0.05, 0.1) is 0 Å². The fraction of sp³-hybridized carbons (Fsp3) is 0.333. The highest BCUT2D eigenvalue weighted by Crippen LogP contribution is 2.32. The molecule has 2 N–H and O–H groups in total. The molecule has 20 heavy (non-hydrogen) atoms. The van der Waals surface area contributed by atoms with Crippen molar-refractivity contribution >= 4 is 5.69 Å². The Morgan fingerprint density at radius 2 is 1.75 bits per heavy atom. The van der Waals surface area contributed by atoms with Gasteiger partial charge in [0.25, 0.3) is 0 Å². The highest BCUT2D eigenvalue weighted by Gasteiger charge is 2.24. The summed E-state index contributed by atoms with van der Waals surface area (Å²) in [6.07, 6.45) is 2.20. The number of nitrogens with two attached hydrogens (primary N) is 1. The van der Waals surface area contributed by atoms with Gasteiger partial charge in [0.2, 0.25) is 0 Å². The molecule has 1 fully saturated rings. The second-order valence-corrected chi connectivity index (χ2v) is 5.51. The van der Waals surface area contributed by atoms with Gasteiger partial charge in [-0.2, -0.15) is 0 Å². The predicted octanol–water partition coefficient (Wildman–Crippen LogP) is 3.18. The first-order chi connectivity index (χ1) is 9.88. The second-order valence-electron chi connectivity index (χ2n) is 5.51. The molecule has 1 aliphatic rings. The van der Waals surface area contributed by atoms with Crippen LogP contribution in [0.15, 0.2) is 54.6 Å². The Hall–Kier alpha value is -1.80. The molecule has 2 aromatic carbocycles. The second kappa shape index (κ2) is 6.10. The van der Waals surface area contributed by atoms with Crippen LogP contribution in [0.2, 0.25) is 0 Å². The van der Waals surface area contributed by atoms with Gasteiger partial charge in [-0.05, 0) is 36.6 Å². The summed E-state index contributed by atoms with van der Waals surface area (Å²) in [5.41, 5.74) is 9.94. The number of para-hydroxylation sites is 1. The lowest BCUT2D eigenvalue weighted by atomic mass is 9.99. The number of hydrogen-bond acceptors (Lipinski definition) is 2. The molecule has 0 saturated carbocycles. The normalized spacial score (nSPS) is 18.4. The van der Waals surface area contributed by atoms with E-state index in [1.807, 2.05) is 0 Å². The molecular weight excluding hydrogens is 244 g/mol. The molecule has 1 atom stereocenters. The van der Waals surface area contributed by atoms with Crippen LogP contribution >= 0.6 is 0 Å². The smallest absolute Gasteiger partial charge is 0.0399 e. The zero-order valence-electron chi connectivity index (χ0n) is 11.8. The van der Waals surface area contributed by atoms with Crippen molar-refractivity contribution in [2.45, 2.75) is 18.8 Å². The Morgan fingerprint density at radius 1 is 1.00 bits per heavy atom. The summed E-state index contributed by atoms with van der Waals surface area (Å²) >= 11 is 0. The first-order valence-corrected chi connectivity index (χ1v) is 7.46. The third-order valence-electron chi connectivity index (χ3n) is 4.21. The molecule has 0 aromatic heterocycles. The Balaban J connectivity index is 1.77. The van der Waals surface area contributed by atoms with Gasteiger partial charge in [-0.3, -0.25) is 0 Å². The van der Waals surface area contributed by atoms with Crippen molar-refractivity contribution in [3.05, 3.63) is 65.7 Å². The predicted molar refractivity (Wildman–Crippen MR) is 85.2 cm³/mol. The van der Waals surface area contributed by atoms with Crippen LogP contribution in [0.25, 0.3) is 0 Å². The molecule has 2 nitrogen and oxygen atoms in total. The highest BCUT2D eigenvalue weighted by atomic mass is 15.2. The summed E-state index contributed by atoms with van der Waals surface area (Å²) in [5.74, 6) is 0.655. The van der Waals surface area contributed by atoms with Gasteiger partial charge in [0, 0.05) is 24.7 Å². The molecular formula is C18H22N2. The third-order valence-corrected chi connectivity index (χ3v) is 4.21. The lowest BCUT2D eigenvalue weighted by Gasteiger charge is -2.22. The van der Waals surface area contributed by atoms with E-state index in [4.69, 9.17) is 5.73 Å². The Kier molecular flexibility index (Phi) is 4.03. The molecule has 0 bridgehead atoms. The standard InChI is InChI=1S/C18H22N2/c19-12-10-16-8-4-5-9-18(16)20-13-11-17(14-20)15-6-2-1-3-7-15/h1-9,17H,10-14,19H2. The van der Waals surface area contributed by atoms with Gasteiger partial charge in [-0.1, -0.05) is 48.5 Å². The van der Waals surface area contributed by atoms with Crippen molar-refractivity contribution < 1.29 is 0 Å². The molecule has 104 valence electrons. The summed E-state index contributed by atoms with van der Waals surface area (Å²) in [6, 6.07) is 19.5. The maximum atomic E-state index is 5.73. The minimum Gasteiger partial charge on any atom is -0.371 e. The van der Waals surface area contributed by atoms with Crippen LogP contribution in [-0.4, -0.2) is 19.6 Å². The van der Waals surface area contributed by atoms with Gasteiger partial charge in [0.15, 0.2) is 0 Å². The fourth-order valence-electron chi connectivity index (χ4n) is 3.16. The average molecular weight is 266 g/mol. The van der Waals surface area contributed by atoms with Crippen LogP contribution < -0.4 is 10.6 Å². The average Bonchev–Trinajstić information content (AvgIpc) is 2.99. The van der Waals surface area contributed by atoms with Crippen LogP contribution in [0.3, 0.4) is 0 Å². The minimum atomic E-state index is 0.655. The van der Waals surface area contributed by atoms with E-state index in [9.17, 15) is 0 Å². The molecule has 2 aromatic rings. The first-order valence-electron chi connectivity index (χ1n) is 7.46. The zero-order chi connectivity index (χ0) is 13.8. The van der Waals surface area contributed by atoms with E-state index in [0.717, 1.165) is 19.5 Å². The van der Waals surface area contributed by atoms with Gasteiger partial charge in [0.1, 0.15) is 0 Å². The summed E-state index contributed by atoms with van der Waals surface area (Å²) in [4.78, 5) is 2.52. The lowest BCUT2D eigenvalue weighted by molar-refractivity contribution is 0.774. The molecule has 1 heterocycles. The number of rotatable bonds is 4. The first kappa shape index (κ1) is 13.2. The maximum Gasteiger partial charge on any atom is 0.0399 e. The Bertz CT molecular complexity index is 550. The van der Waals surface area contributed by atoms with E-state index in [1.54, 1.807) is 0 Å². The van der Waals surface area contributed by atoms with Gasteiger partial charge in [-0.15, -0.1) is 0 Å². The Morgan fingerprint density at radius 3 is 2.55 bits per heavy atom. The minimum absolute atomic E-state index is 0.655. The van der Waals surface area contributed by atoms with Crippen molar-refractivity contribution in [3.8, 4) is 0 Å². The summed E-state index contributed by atoms with van der Waals surface area (Å²) < 4.78 is 0. The van der Waals surface area contributed by atoms with Crippen LogP contribution in [0, 0.1) is 0 Å². The monoisotopic (exact) mass is 266 g/mol. The molecule has 1 saturated heterocycles. The molecule has 2 heteroatoms. The summed E-state index contributed by atoms with van der Waals surface area (Å²) in [5, 5.41) is 0. The quantitative estimate of drug-likeness (QED) is 0.921. The van der Waals surface area contributed by atoms with Gasteiger partial charge >= 0.3 is 0 Å². The van der Waals surface area contributed by atoms with Crippen LogP contribution in [0.5, 0.6) is 0 Å². The molecule has 0 amide bonds. The van der Waals surface area contributed by atoms with E-state index in [1.165, 1.54) is 23.2 Å². The number of anilines is 1. The lowest BCUT2D eigenvalue weighted by Crippen LogP contribution is -2.21. The summed E-state index contributed by atoms with van der Waals surface area (Å²) in [6.45, 7) is 2.97. The van der Waals surface area contributed by atoms with E-state index in [-0.39, 0.29) is 0 Å². The number of benzene rings is 2. The molecule has 0 spiro atoms. The number of hydrogen-bond donors (Lipinski definition) is 1. The number of nitrogens with zero attached hydrogens (tertiary/aromatic N) is 1. The van der Waals surface area contributed by atoms with E-state index in [2.05, 4.69) is 59.5 Å². The van der Waals surface area contributed by atoms with Crippen LogP contribution in [0.4, 0.5) is 5.69 Å². The van der Waals surface area contributed by atoms with E-state index >= 15 is 0 Å². The van der Waals surface area contributed by atoms with Crippen molar-refractivity contribution in [1.29, 1.82) is 0 Å². The van der Waals surface area contributed by atoms with Crippen molar-refractivity contribution in [3.63, 3.8) is 0 Å². The van der Waals surface area contributed by atoms with Crippen LogP contribution in [0.1, 0.15) is 23.5 Å². The summed E-state index contributed by atoms with van der Waals surface area (Å²) in [7, 11) is 0. The zero-order valence-corrected chi connectivity index (χ0v) is 11.8. The largest absolute Gasteiger partial charge is 0.371 e. The van der Waals surface area contributed by atoms with Gasteiger partial charge < -0.3 is 10.6 Å². The topological polar surface area (TPSA) is 29.3 Å². The molecule has 3 rings (SSSR count).